The minimum Gasteiger partial charge on any atom is -0.335 e. The number of carbonyl (C=O) groups excluding carboxylic acids is 1. The standard InChI is InChI=1S/C12H21N5O/c1-8(2)9(3)14-12(18)13-7-11-16-15-10-5-4-6-17(10)11/h8-9H,4-7H2,1-3H3,(H2,13,14,18)/t9-/m0/s1. The molecule has 6 heteroatoms. The zero-order valence-corrected chi connectivity index (χ0v) is 11.2. The highest BCUT2D eigenvalue weighted by Crippen LogP contribution is 2.13. The molecule has 6 nitrogen and oxygen atoms in total. The third kappa shape index (κ3) is 2.80. The predicted molar refractivity (Wildman–Crippen MR) is 68.0 cm³/mol. The summed E-state index contributed by atoms with van der Waals surface area (Å²) in [6.45, 7) is 7.55. The molecule has 1 aromatic rings. The molecule has 0 fully saturated rings. The van der Waals surface area contributed by atoms with Crippen molar-refractivity contribution in [3.05, 3.63) is 11.6 Å². The lowest BCUT2D eigenvalue weighted by Crippen LogP contribution is -2.42. The van der Waals surface area contributed by atoms with Crippen molar-refractivity contribution in [2.45, 2.75) is 52.7 Å². The Hall–Kier alpha value is -1.59. The first-order chi connectivity index (χ1) is 8.58. The molecular weight excluding hydrogens is 230 g/mol. The van der Waals surface area contributed by atoms with E-state index in [0.717, 1.165) is 31.0 Å². The third-order valence-electron chi connectivity index (χ3n) is 3.45. The summed E-state index contributed by atoms with van der Waals surface area (Å²) in [4.78, 5) is 11.7. The van der Waals surface area contributed by atoms with Crippen LogP contribution in [0, 0.1) is 5.92 Å². The van der Waals surface area contributed by atoms with Gasteiger partial charge in [0.1, 0.15) is 5.82 Å². The van der Waals surface area contributed by atoms with Crippen LogP contribution in [0.15, 0.2) is 0 Å². The van der Waals surface area contributed by atoms with Crippen molar-refractivity contribution in [2.24, 2.45) is 5.92 Å². The van der Waals surface area contributed by atoms with E-state index in [0.29, 0.717) is 12.5 Å². The van der Waals surface area contributed by atoms with Crippen LogP contribution in [-0.2, 0) is 19.5 Å². The summed E-state index contributed by atoms with van der Waals surface area (Å²) in [6.07, 6.45) is 2.11. The number of carbonyl (C=O) groups is 1. The van der Waals surface area contributed by atoms with Crippen LogP contribution < -0.4 is 10.6 Å². The van der Waals surface area contributed by atoms with Crippen LogP contribution >= 0.6 is 0 Å². The summed E-state index contributed by atoms with van der Waals surface area (Å²) >= 11 is 0. The number of nitrogens with one attached hydrogen (secondary N) is 2. The number of fused-ring (bicyclic) bond motifs is 1. The summed E-state index contributed by atoms with van der Waals surface area (Å²) in [5.41, 5.74) is 0. The molecule has 2 amide bonds. The Morgan fingerprint density at radius 1 is 1.39 bits per heavy atom. The van der Waals surface area contributed by atoms with Crippen LogP contribution in [0.4, 0.5) is 4.79 Å². The highest BCUT2D eigenvalue weighted by atomic mass is 16.2. The fourth-order valence-corrected chi connectivity index (χ4v) is 1.93. The van der Waals surface area contributed by atoms with Gasteiger partial charge in [-0.2, -0.15) is 0 Å². The average molecular weight is 251 g/mol. The van der Waals surface area contributed by atoms with Crippen molar-refractivity contribution in [2.75, 3.05) is 0 Å². The van der Waals surface area contributed by atoms with Gasteiger partial charge in [-0.3, -0.25) is 0 Å². The molecule has 0 aliphatic carbocycles. The smallest absolute Gasteiger partial charge is 0.315 e. The van der Waals surface area contributed by atoms with Gasteiger partial charge in [0.2, 0.25) is 0 Å². The predicted octanol–water partition coefficient (Wildman–Crippen LogP) is 1.07. The molecule has 0 unspecified atom stereocenters. The zero-order valence-electron chi connectivity index (χ0n) is 11.2. The molecule has 0 saturated heterocycles. The second-order valence-electron chi connectivity index (χ2n) is 5.15. The van der Waals surface area contributed by atoms with Gasteiger partial charge in [0.05, 0.1) is 6.54 Å². The molecule has 0 radical (unpaired) electrons. The maximum atomic E-state index is 11.7. The van der Waals surface area contributed by atoms with E-state index < -0.39 is 0 Å². The van der Waals surface area contributed by atoms with Gasteiger partial charge in [-0.25, -0.2) is 4.79 Å². The fraction of sp³-hybridized carbons (Fsp3) is 0.750. The molecule has 0 spiro atoms. The van der Waals surface area contributed by atoms with Crippen molar-refractivity contribution in [3.8, 4) is 0 Å². The number of aromatic nitrogens is 3. The molecule has 2 heterocycles. The number of hydrogen-bond acceptors (Lipinski definition) is 3. The third-order valence-corrected chi connectivity index (χ3v) is 3.45. The zero-order chi connectivity index (χ0) is 13.1. The van der Waals surface area contributed by atoms with Crippen LogP contribution in [0.25, 0.3) is 0 Å². The van der Waals surface area contributed by atoms with Gasteiger partial charge in [0.25, 0.3) is 0 Å². The first-order valence-corrected chi connectivity index (χ1v) is 6.53. The van der Waals surface area contributed by atoms with Gasteiger partial charge in [0.15, 0.2) is 5.82 Å². The minimum atomic E-state index is -0.147. The number of hydrogen-bond donors (Lipinski definition) is 2. The quantitative estimate of drug-likeness (QED) is 0.840. The number of nitrogens with zero attached hydrogens (tertiary/aromatic N) is 3. The lowest BCUT2D eigenvalue weighted by Gasteiger charge is -2.17. The van der Waals surface area contributed by atoms with Crippen LogP contribution in [0.1, 0.15) is 38.8 Å². The van der Waals surface area contributed by atoms with E-state index in [-0.39, 0.29) is 12.1 Å². The SMILES string of the molecule is CC(C)[C@H](C)NC(=O)NCc1nnc2n1CCC2. The van der Waals surface area contributed by atoms with Crippen molar-refractivity contribution in [3.63, 3.8) is 0 Å². The van der Waals surface area contributed by atoms with E-state index in [1.54, 1.807) is 0 Å². The summed E-state index contributed by atoms with van der Waals surface area (Å²) in [7, 11) is 0. The summed E-state index contributed by atoms with van der Waals surface area (Å²) in [5.74, 6) is 2.30. The first-order valence-electron chi connectivity index (χ1n) is 6.53. The second-order valence-corrected chi connectivity index (χ2v) is 5.15. The van der Waals surface area contributed by atoms with E-state index in [9.17, 15) is 4.79 Å². The Kier molecular flexibility index (Phi) is 3.84. The highest BCUT2D eigenvalue weighted by molar-refractivity contribution is 5.74. The van der Waals surface area contributed by atoms with E-state index in [1.165, 1.54) is 0 Å². The Morgan fingerprint density at radius 3 is 2.89 bits per heavy atom. The Bertz CT molecular complexity index is 426. The molecule has 100 valence electrons. The van der Waals surface area contributed by atoms with E-state index in [1.807, 2.05) is 6.92 Å². The number of aryl methyl sites for hydroxylation is 1. The molecule has 1 atom stereocenters. The van der Waals surface area contributed by atoms with E-state index in [4.69, 9.17) is 0 Å². The van der Waals surface area contributed by atoms with Gasteiger partial charge < -0.3 is 15.2 Å². The summed E-state index contributed by atoms with van der Waals surface area (Å²) in [6, 6.07) is 0.0145. The Morgan fingerprint density at radius 2 is 2.17 bits per heavy atom. The van der Waals surface area contributed by atoms with E-state index in [2.05, 4.69) is 39.2 Å². The van der Waals surface area contributed by atoms with Gasteiger partial charge in [-0.1, -0.05) is 13.8 Å². The molecule has 2 N–H and O–H groups in total. The van der Waals surface area contributed by atoms with Gasteiger partial charge >= 0.3 is 6.03 Å². The van der Waals surface area contributed by atoms with Gasteiger partial charge in [-0.15, -0.1) is 10.2 Å². The lowest BCUT2D eigenvalue weighted by atomic mass is 10.1. The molecular formula is C12H21N5O. The van der Waals surface area contributed by atoms with Crippen molar-refractivity contribution < 1.29 is 4.79 Å². The molecule has 1 aliphatic rings. The molecule has 0 bridgehead atoms. The average Bonchev–Trinajstić information content (AvgIpc) is 2.88. The van der Waals surface area contributed by atoms with Gasteiger partial charge in [-0.05, 0) is 19.3 Å². The van der Waals surface area contributed by atoms with Crippen molar-refractivity contribution in [1.82, 2.24) is 25.4 Å². The van der Waals surface area contributed by atoms with Crippen LogP contribution in [0.5, 0.6) is 0 Å². The number of rotatable bonds is 4. The van der Waals surface area contributed by atoms with Crippen LogP contribution in [0.3, 0.4) is 0 Å². The fourth-order valence-electron chi connectivity index (χ4n) is 1.93. The van der Waals surface area contributed by atoms with Crippen molar-refractivity contribution in [1.29, 1.82) is 0 Å². The highest BCUT2D eigenvalue weighted by Gasteiger charge is 2.17. The molecule has 0 aromatic carbocycles. The largest absolute Gasteiger partial charge is 0.335 e. The molecule has 1 aliphatic heterocycles. The normalized spacial score (nSPS) is 15.6. The van der Waals surface area contributed by atoms with E-state index >= 15 is 0 Å². The maximum Gasteiger partial charge on any atom is 0.315 e. The lowest BCUT2D eigenvalue weighted by molar-refractivity contribution is 0.233. The maximum absolute atomic E-state index is 11.7. The Labute approximate surface area is 107 Å². The molecule has 0 saturated carbocycles. The van der Waals surface area contributed by atoms with Crippen LogP contribution in [0.2, 0.25) is 0 Å². The minimum absolute atomic E-state index is 0.147. The summed E-state index contributed by atoms with van der Waals surface area (Å²) in [5, 5.41) is 13.9. The monoisotopic (exact) mass is 251 g/mol. The van der Waals surface area contributed by atoms with Gasteiger partial charge in [0, 0.05) is 19.0 Å². The Balaban J connectivity index is 1.82. The van der Waals surface area contributed by atoms with Crippen LogP contribution in [-0.4, -0.2) is 26.8 Å². The molecule has 2 rings (SSSR count). The topological polar surface area (TPSA) is 71.8 Å². The first kappa shape index (κ1) is 12.9. The number of amides is 2. The summed E-state index contributed by atoms with van der Waals surface area (Å²) < 4.78 is 2.09. The molecule has 1 aromatic heterocycles. The number of urea groups is 1. The second kappa shape index (κ2) is 5.37. The molecule has 18 heavy (non-hydrogen) atoms. The van der Waals surface area contributed by atoms with Crippen molar-refractivity contribution >= 4 is 6.03 Å².